The largest absolute Gasteiger partial charge is 0.482 e. The Morgan fingerprint density at radius 3 is 2.72 bits per heavy atom. The first-order valence-electron chi connectivity index (χ1n) is 13.1. The Bertz CT molecular complexity index is 1780. The average Bonchev–Trinajstić information content (AvgIpc) is 3.26. The van der Waals surface area contributed by atoms with Crippen molar-refractivity contribution in [3.8, 4) is 5.75 Å². The van der Waals surface area contributed by atoms with Gasteiger partial charge in [-0.2, -0.15) is 0 Å². The van der Waals surface area contributed by atoms with Crippen LogP contribution in [0.4, 0.5) is 0 Å². The number of carbonyl (C=O) groups is 1. The maximum atomic E-state index is 13.9. The molecule has 1 aromatic heterocycles. The smallest absolute Gasteiger partial charge is 0.344 e. The molecule has 6 rings (SSSR count). The van der Waals surface area contributed by atoms with E-state index >= 15 is 0 Å². The summed E-state index contributed by atoms with van der Waals surface area (Å²) in [4.78, 5) is 31.4. The number of thiazole rings is 1. The second-order valence-corrected chi connectivity index (χ2v) is 10.7. The Morgan fingerprint density at radius 1 is 1.08 bits per heavy atom. The van der Waals surface area contributed by atoms with Crippen molar-refractivity contribution in [2.24, 2.45) is 4.99 Å². The molecular weight excluding hydrogens is 508 g/mol. The Hall–Kier alpha value is -4.23. The lowest BCUT2D eigenvalue weighted by molar-refractivity contribution is -0.145. The summed E-state index contributed by atoms with van der Waals surface area (Å²) in [7, 11) is 0. The van der Waals surface area contributed by atoms with Crippen LogP contribution in [0, 0.1) is 6.92 Å². The van der Waals surface area contributed by atoms with Crippen molar-refractivity contribution in [3.63, 3.8) is 0 Å². The van der Waals surface area contributed by atoms with E-state index in [0.717, 1.165) is 35.2 Å². The van der Waals surface area contributed by atoms with Gasteiger partial charge in [-0.15, -0.1) is 0 Å². The second kappa shape index (κ2) is 10.5. The van der Waals surface area contributed by atoms with Crippen molar-refractivity contribution in [2.45, 2.75) is 32.7 Å². The molecule has 0 spiro atoms. The predicted molar refractivity (Wildman–Crippen MR) is 152 cm³/mol. The summed E-state index contributed by atoms with van der Waals surface area (Å²) in [6.07, 6.45) is 3.65. The highest BCUT2D eigenvalue weighted by Crippen LogP contribution is 2.41. The Labute approximate surface area is 230 Å². The highest BCUT2D eigenvalue weighted by Gasteiger charge is 2.32. The summed E-state index contributed by atoms with van der Waals surface area (Å²) in [5, 5.41) is 0. The van der Waals surface area contributed by atoms with Crippen LogP contribution in [0.5, 0.6) is 5.75 Å². The van der Waals surface area contributed by atoms with Crippen molar-refractivity contribution >= 4 is 29.1 Å². The van der Waals surface area contributed by atoms with E-state index in [1.807, 2.05) is 28.8 Å². The molecule has 0 bridgehead atoms. The summed E-state index contributed by atoms with van der Waals surface area (Å²) in [5.41, 5.74) is 7.64. The van der Waals surface area contributed by atoms with Crippen LogP contribution in [0.3, 0.4) is 0 Å². The number of aromatic nitrogens is 1. The molecule has 6 nitrogen and oxygen atoms in total. The number of carbonyl (C=O) groups excluding carboxylic acids is 1. The van der Waals surface area contributed by atoms with E-state index in [0.29, 0.717) is 21.7 Å². The zero-order chi connectivity index (χ0) is 26.9. The molecule has 1 atom stereocenters. The van der Waals surface area contributed by atoms with Crippen molar-refractivity contribution in [2.75, 3.05) is 13.2 Å². The molecule has 2 aliphatic rings. The van der Waals surface area contributed by atoms with Crippen LogP contribution in [0.25, 0.3) is 11.8 Å². The SMILES string of the molecule is CCOC(=O)COc1cccc(C=c2sc3n(c2=O)C(c2ccc(C)cc2)C2=C(N=3)c3ccccc3CC2)c1. The second-order valence-electron chi connectivity index (χ2n) is 9.69. The van der Waals surface area contributed by atoms with Crippen molar-refractivity contribution in [1.82, 2.24) is 4.57 Å². The topological polar surface area (TPSA) is 69.9 Å². The molecule has 0 saturated heterocycles. The van der Waals surface area contributed by atoms with Crippen LogP contribution in [0.2, 0.25) is 0 Å². The molecule has 2 heterocycles. The van der Waals surface area contributed by atoms with E-state index in [-0.39, 0.29) is 18.2 Å². The van der Waals surface area contributed by atoms with E-state index < -0.39 is 5.97 Å². The number of allylic oxidation sites excluding steroid dienone is 1. The highest BCUT2D eigenvalue weighted by molar-refractivity contribution is 7.07. The summed E-state index contributed by atoms with van der Waals surface area (Å²) in [6, 6.07) is 24.0. The molecule has 0 radical (unpaired) electrons. The van der Waals surface area contributed by atoms with Crippen LogP contribution < -0.4 is 19.6 Å². The van der Waals surface area contributed by atoms with Gasteiger partial charge >= 0.3 is 5.97 Å². The van der Waals surface area contributed by atoms with Gasteiger partial charge in [0, 0.05) is 5.56 Å². The summed E-state index contributed by atoms with van der Waals surface area (Å²) in [6.45, 7) is 3.97. The average molecular weight is 537 g/mol. The molecule has 196 valence electrons. The van der Waals surface area contributed by atoms with Crippen LogP contribution >= 0.6 is 11.3 Å². The molecule has 0 N–H and O–H groups in total. The number of rotatable bonds is 6. The number of hydrogen-bond donors (Lipinski definition) is 0. The van der Waals surface area contributed by atoms with Gasteiger partial charge in [0.05, 0.1) is 22.9 Å². The van der Waals surface area contributed by atoms with Gasteiger partial charge in [0.25, 0.3) is 5.56 Å². The zero-order valence-electron chi connectivity index (χ0n) is 21.8. The fraction of sp³-hybridized carbons (Fsp3) is 0.219. The Balaban J connectivity index is 1.46. The lowest BCUT2D eigenvalue weighted by atomic mass is 9.83. The molecule has 4 aromatic rings. The Kier molecular flexibility index (Phi) is 6.75. The maximum Gasteiger partial charge on any atom is 0.344 e. The number of hydrogen-bond acceptors (Lipinski definition) is 6. The molecule has 0 fully saturated rings. The van der Waals surface area contributed by atoms with Crippen LogP contribution in [0.1, 0.15) is 47.2 Å². The van der Waals surface area contributed by atoms with Crippen molar-refractivity contribution in [3.05, 3.63) is 126 Å². The van der Waals surface area contributed by atoms with Crippen LogP contribution in [-0.2, 0) is 16.0 Å². The fourth-order valence-corrected chi connectivity index (χ4v) is 6.26. The molecule has 39 heavy (non-hydrogen) atoms. The fourth-order valence-electron chi connectivity index (χ4n) is 5.26. The van der Waals surface area contributed by atoms with Crippen molar-refractivity contribution in [1.29, 1.82) is 0 Å². The van der Waals surface area contributed by atoms with Gasteiger partial charge in [-0.1, -0.05) is 77.6 Å². The zero-order valence-corrected chi connectivity index (χ0v) is 22.7. The van der Waals surface area contributed by atoms with Crippen LogP contribution in [-0.4, -0.2) is 23.8 Å². The van der Waals surface area contributed by atoms with E-state index in [2.05, 4.69) is 55.5 Å². The third kappa shape index (κ3) is 4.86. The number of benzene rings is 3. The number of aryl methyl sites for hydroxylation is 2. The first kappa shape index (κ1) is 25.1. The van der Waals surface area contributed by atoms with E-state index in [1.165, 1.54) is 28.0 Å². The summed E-state index contributed by atoms with van der Waals surface area (Å²) < 4.78 is 13.0. The molecule has 1 aliphatic carbocycles. The van der Waals surface area contributed by atoms with Crippen molar-refractivity contribution < 1.29 is 14.3 Å². The maximum absolute atomic E-state index is 13.9. The van der Waals surface area contributed by atoms with Gasteiger partial charge in [-0.25, -0.2) is 9.79 Å². The van der Waals surface area contributed by atoms with E-state index in [1.54, 1.807) is 13.0 Å². The van der Waals surface area contributed by atoms with Gasteiger partial charge in [0.2, 0.25) is 0 Å². The third-order valence-electron chi connectivity index (χ3n) is 7.08. The van der Waals surface area contributed by atoms with Gasteiger partial charge in [0.1, 0.15) is 5.75 Å². The minimum atomic E-state index is -0.419. The number of nitrogens with zero attached hydrogens (tertiary/aromatic N) is 2. The van der Waals surface area contributed by atoms with E-state index in [9.17, 15) is 9.59 Å². The lowest BCUT2D eigenvalue weighted by Crippen LogP contribution is -2.38. The molecule has 7 heteroatoms. The quantitative estimate of drug-likeness (QED) is 0.339. The van der Waals surface area contributed by atoms with E-state index in [4.69, 9.17) is 14.5 Å². The summed E-state index contributed by atoms with van der Waals surface area (Å²) in [5.74, 6) is 0.118. The Morgan fingerprint density at radius 2 is 1.90 bits per heavy atom. The highest BCUT2D eigenvalue weighted by atomic mass is 32.1. The van der Waals surface area contributed by atoms with Gasteiger partial charge in [-0.05, 0) is 67.2 Å². The number of fused-ring (bicyclic) bond motifs is 3. The number of esters is 1. The minimum absolute atomic E-state index is 0.0624. The normalized spacial score (nSPS) is 16.2. The molecule has 0 amide bonds. The number of ether oxygens (including phenoxy) is 2. The molecule has 3 aromatic carbocycles. The molecule has 1 unspecified atom stereocenters. The first-order valence-corrected chi connectivity index (χ1v) is 13.9. The minimum Gasteiger partial charge on any atom is -0.482 e. The standard InChI is InChI=1S/C32H28N2O4S/c1-3-37-28(35)19-38-24-9-6-7-21(17-24)18-27-31(36)34-30(23-13-11-20(2)12-14-23)26-16-15-22-8-4-5-10-25(22)29(26)33-32(34)39-27/h4-14,17-18,30H,3,15-16,19H2,1-2H3. The van der Waals surface area contributed by atoms with Crippen LogP contribution in [0.15, 0.2) is 88.2 Å². The van der Waals surface area contributed by atoms with Gasteiger partial charge in [0.15, 0.2) is 11.4 Å². The predicted octanol–water partition coefficient (Wildman–Crippen LogP) is 4.57. The van der Waals surface area contributed by atoms with Gasteiger partial charge in [-0.3, -0.25) is 9.36 Å². The van der Waals surface area contributed by atoms with Gasteiger partial charge < -0.3 is 9.47 Å². The molecular formula is C32H28N2O4S. The monoisotopic (exact) mass is 536 g/mol. The molecule has 0 saturated carbocycles. The molecule has 1 aliphatic heterocycles. The lowest BCUT2D eigenvalue weighted by Gasteiger charge is -2.30. The third-order valence-corrected chi connectivity index (χ3v) is 8.07. The first-order chi connectivity index (χ1) is 19.0. The summed E-state index contributed by atoms with van der Waals surface area (Å²) >= 11 is 1.40.